The van der Waals surface area contributed by atoms with Crippen molar-refractivity contribution in [2.45, 2.75) is 6.42 Å². The van der Waals surface area contributed by atoms with Gasteiger partial charge < -0.3 is 18.9 Å². The Balaban J connectivity index is 1.82. The van der Waals surface area contributed by atoms with Crippen molar-refractivity contribution in [1.29, 1.82) is 0 Å². The highest BCUT2D eigenvalue weighted by molar-refractivity contribution is 5.64. The second-order valence-corrected chi connectivity index (χ2v) is 5.36. The molecule has 0 saturated heterocycles. The summed E-state index contributed by atoms with van der Waals surface area (Å²) in [7, 11) is 4.94. The summed E-state index contributed by atoms with van der Waals surface area (Å²) in [4.78, 5) is 0. The van der Waals surface area contributed by atoms with Crippen LogP contribution < -0.4 is 18.9 Å². The third-order valence-corrected chi connectivity index (χ3v) is 3.87. The summed E-state index contributed by atoms with van der Waals surface area (Å²) in [6, 6.07) is 11.9. The fourth-order valence-corrected chi connectivity index (χ4v) is 2.67. The molecule has 0 fully saturated rings. The van der Waals surface area contributed by atoms with Gasteiger partial charge in [0.15, 0.2) is 11.5 Å². The summed E-state index contributed by atoms with van der Waals surface area (Å²) >= 11 is 0. The van der Waals surface area contributed by atoms with E-state index in [2.05, 4.69) is 6.08 Å². The van der Waals surface area contributed by atoms with E-state index in [0.29, 0.717) is 6.61 Å². The molecule has 0 bridgehead atoms. The van der Waals surface area contributed by atoms with Crippen molar-refractivity contribution in [3.05, 3.63) is 53.1 Å². The third-order valence-electron chi connectivity index (χ3n) is 3.87. The molecule has 0 spiro atoms. The van der Waals surface area contributed by atoms with Gasteiger partial charge in [0.1, 0.15) is 18.1 Å². The minimum Gasteiger partial charge on any atom is -0.497 e. The summed E-state index contributed by atoms with van der Waals surface area (Å²) < 4.78 is 21.7. The molecule has 1 heterocycles. The summed E-state index contributed by atoms with van der Waals surface area (Å²) in [5, 5.41) is 0. The number of ether oxygens (including phenoxy) is 4. The summed E-state index contributed by atoms with van der Waals surface area (Å²) in [5.74, 6) is 3.15. The smallest absolute Gasteiger partial charge is 0.160 e. The molecule has 2 aromatic carbocycles. The van der Waals surface area contributed by atoms with Gasteiger partial charge in [0.05, 0.1) is 21.3 Å². The molecule has 0 unspecified atom stereocenters. The van der Waals surface area contributed by atoms with E-state index in [9.17, 15) is 0 Å². The highest BCUT2D eigenvalue weighted by Gasteiger charge is 2.14. The second kappa shape index (κ2) is 6.65. The van der Waals surface area contributed by atoms with Crippen LogP contribution in [0.2, 0.25) is 0 Å². The molecule has 0 amide bonds. The predicted octanol–water partition coefficient (Wildman–Crippen LogP) is 3.73. The molecular formula is C19H20O4. The molecule has 1 aliphatic rings. The lowest BCUT2D eigenvalue weighted by molar-refractivity contribution is 0.339. The van der Waals surface area contributed by atoms with Crippen molar-refractivity contribution in [1.82, 2.24) is 0 Å². The van der Waals surface area contributed by atoms with E-state index < -0.39 is 0 Å². The van der Waals surface area contributed by atoms with Gasteiger partial charge in [-0.1, -0.05) is 6.07 Å². The number of fused-ring (bicyclic) bond motifs is 1. The van der Waals surface area contributed by atoms with Crippen molar-refractivity contribution < 1.29 is 18.9 Å². The molecule has 0 radical (unpaired) electrons. The van der Waals surface area contributed by atoms with Gasteiger partial charge in [-0.2, -0.15) is 0 Å². The Labute approximate surface area is 136 Å². The average molecular weight is 312 g/mol. The monoisotopic (exact) mass is 312 g/mol. The third kappa shape index (κ3) is 3.26. The van der Waals surface area contributed by atoms with Gasteiger partial charge in [-0.15, -0.1) is 0 Å². The van der Waals surface area contributed by atoms with Crippen LogP contribution in [0.4, 0.5) is 0 Å². The number of rotatable bonds is 5. The maximum atomic E-state index is 5.85. The van der Waals surface area contributed by atoms with Gasteiger partial charge in [-0.3, -0.25) is 0 Å². The maximum Gasteiger partial charge on any atom is 0.160 e. The topological polar surface area (TPSA) is 36.9 Å². The average Bonchev–Trinajstić information content (AvgIpc) is 2.61. The zero-order chi connectivity index (χ0) is 16.2. The van der Waals surface area contributed by atoms with Gasteiger partial charge in [-0.05, 0) is 47.9 Å². The SMILES string of the molecule is COc1ccc2c(c1)OCC(Cc1ccc(OC)c(OC)c1)=C2. The molecule has 4 heteroatoms. The molecule has 0 aromatic heterocycles. The van der Waals surface area contributed by atoms with Crippen molar-refractivity contribution in [3.63, 3.8) is 0 Å². The number of hydrogen-bond donors (Lipinski definition) is 0. The fourth-order valence-electron chi connectivity index (χ4n) is 2.67. The van der Waals surface area contributed by atoms with Crippen LogP contribution in [0, 0.1) is 0 Å². The van der Waals surface area contributed by atoms with Crippen molar-refractivity contribution in [2.75, 3.05) is 27.9 Å². The van der Waals surface area contributed by atoms with Gasteiger partial charge in [0, 0.05) is 11.6 Å². The molecule has 0 N–H and O–H groups in total. The van der Waals surface area contributed by atoms with E-state index in [1.54, 1.807) is 21.3 Å². The maximum absolute atomic E-state index is 5.85. The van der Waals surface area contributed by atoms with Crippen LogP contribution in [-0.4, -0.2) is 27.9 Å². The lowest BCUT2D eigenvalue weighted by atomic mass is 10.0. The lowest BCUT2D eigenvalue weighted by Crippen LogP contribution is -2.09. The molecule has 4 nitrogen and oxygen atoms in total. The minimum atomic E-state index is 0.578. The van der Waals surface area contributed by atoms with Crippen LogP contribution in [-0.2, 0) is 6.42 Å². The first-order valence-corrected chi connectivity index (χ1v) is 7.44. The molecule has 23 heavy (non-hydrogen) atoms. The molecule has 0 atom stereocenters. The Morgan fingerprint density at radius 2 is 1.74 bits per heavy atom. The minimum absolute atomic E-state index is 0.578. The molecule has 0 saturated carbocycles. The quantitative estimate of drug-likeness (QED) is 0.843. The Kier molecular flexibility index (Phi) is 4.42. The summed E-state index contributed by atoms with van der Waals surface area (Å²) in [6.07, 6.45) is 2.99. The van der Waals surface area contributed by atoms with Crippen molar-refractivity contribution in [3.8, 4) is 23.0 Å². The van der Waals surface area contributed by atoms with Gasteiger partial charge in [0.2, 0.25) is 0 Å². The van der Waals surface area contributed by atoms with Crippen molar-refractivity contribution in [2.24, 2.45) is 0 Å². The first-order valence-electron chi connectivity index (χ1n) is 7.44. The van der Waals surface area contributed by atoms with E-state index in [4.69, 9.17) is 18.9 Å². The van der Waals surface area contributed by atoms with Crippen LogP contribution in [0.25, 0.3) is 6.08 Å². The molecule has 1 aliphatic heterocycles. The normalized spacial score (nSPS) is 12.7. The van der Waals surface area contributed by atoms with Crippen LogP contribution in [0.15, 0.2) is 42.0 Å². The first-order chi connectivity index (χ1) is 11.2. The highest BCUT2D eigenvalue weighted by Crippen LogP contribution is 2.32. The Hall–Kier alpha value is -2.62. The summed E-state index contributed by atoms with van der Waals surface area (Å²) in [5.41, 5.74) is 3.46. The van der Waals surface area contributed by atoms with E-state index in [1.165, 1.54) is 5.57 Å². The largest absolute Gasteiger partial charge is 0.497 e. The van der Waals surface area contributed by atoms with Crippen LogP contribution in [0.3, 0.4) is 0 Å². The number of methoxy groups -OCH3 is 3. The fraction of sp³-hybridized carbons (Fsp3) is 0.263. The van der Waals surface area contributed by atoms with Crippen molar-refractivity contribution >= 4 is 6.08 Å². The molecule has 2 aromatic rings. The van der Waals surface area contributed by atoms with E-state index in [-0.39, 0.29) is 0 Å². The van der Waals surface area contributed by atoms with Gasteiger partial charge >= 0.3 is 0 Å². The molecule has 120 valence electrons. The van der Waals surface area contributed by atoms with E-state index in [0.717, 1.165) is 40.5 Å². The Bertz CT molecular complexity index is 734. The van der Waals surface area contributed by atoms with E-state index >= 15 is 0 Å². The van der Waals surface area contributed by atoms with Gasteiger partial charge in [-0.25, -0.2) is 0 Å². The molecule has 3 rings (SSSR count). The standard InChI is InChI=1S/C19H20O4/c1-20-16-6-5-15-9-14(12-23-18(15)11-16)8-13-4-7-17(21-2)19(10-13)22-3/h4-7,9-11H,8,12H2,1-3H3. The second-order valence-electron chi connectivity index (χ2n) is 5.36. The van der Waals surface area contributed by atoms with E-state index in [1.807, 2.05) is 36.4 Å². The lowest BCUT2D eigenvalue weighted by Gasteiger charge is -2.19. The predicted molar refractivity (Wildman–Crippen MR) is 89.7 cm³/mol. The van der Waals surface area contributed by atoms with Gasteiger partial charge in [0.25, 0.3) is 0 Å². The zero-order valence-electron chi connectivity index (χ0n) is 13.6. The van der Waals surface area contributed by atoms with Crippen LogP contribution in [0.1, 0.15) is 11.1 Å². The van der Waals surface area contributed by atoms with Crippen LogP contribution >= 0.6 is 0 Å². The number of benzene rings is 2. The Morgan fingerprint density at radius 3 is 2.48 bits per heavy atom. The summed E-state index contributed by atoms with van der Waals surface area (Å²) in [6.45, 7) is 0.578. The zero-order valence-corrected chi connectivity index (χ0v) is 13.6. The highest BCUT2D eigenvalue weighted by atomic mass is 16.5. The Morgan fingerprint density at radius 1 is 0.913 bits per heavy atom. The van der Waals surface area contributed by atoms with Crippen LogP contribution in [0.5, 0.6) is 23.0 Å². The molecule has 0 aliphatic carbocycles. The molecular weight excluding hydrogens is 292 g/mol. The first kappa shape index (κ1) is 15.3. The number of hydrogen-bond acceptors (Lipinski definition) is 4.